The van der Waals surface area contributed by atoms with E-state index in [0.29, 0.717) is 24.0 Å². The van der Waals surface area contributed by atoms with Crippen molar-refractivity contribution in [2.75, 3.05) is 6.61 Å². The number of hydrogen-bond acceptors (Lipinski definition) is 2. The van der Waals surface area contributed by atoms with Gasteiger partial charge in [0, 0.05) is 5.41 Å². The van der Waals surface area contributed by atoms with E-state index >= 15 is 0 Å². The second kappa shape index (κ2) is 10.0. The van der Waals surface area contributed by atoms with E-state index < -0.39 is 0 Å². The maximum Gasteiger partial charge on any atom is 0.119 e. The largest absolute Gasteiger partial charge is 0.490 e. The van der Waals surface area contributed by atoms with Gasteiger partial charge < -0.3 is 9.47 Å². The third kappa shape index (κ3) is 5.23. The normalized spacial score (nSPS) is 20.0. The highest BCUT2D eigenvalue weighted by molar-refractivity contribution is 5.29. The average Bonchev–Trinajstić information content (AvgIpc) is 2.76. The minimum absolute atomic E-state index is 0.363. The van der Waals surface area contributed by atoms with Crippen molar-refractivity contribution in [3.63, 3.8) is 0 Å². The first-order valence-electron chi connectivity index (χ1n) is 11.2. The summed E-state index contributed by atoms with van der Waals surface area (Å²) in [5.41, 5.74) is 3.11. The smallest absolute Gasteiger partial charge is 0.119 e. The molecule has 2 heteroatoms. The van der Waals surface area contributed by atoms with Gasteiger partial charge in [-0.15, -0.1) is 0 Å². The highest BCUT2D eigenvalue weighted by Crippen LogP contribution is 2.52. The minimum atomic E-state index is 0.363. The fourth-order valence-corrected chi connectivity index (χ4v) is 4.78. The lowest BCUT2D eigenvalue weighted by atomic mass is 9.57. The van der Waals surface area contributed by atoms with Crippen LogP contribution < -0.4 is 9.47 Å². The van der Waals surface area contributed by atoms with E-state index in [1.165, 1.54) is 30.4 Å². The van der Waals surface area contributed by atoms with Crippen LogP contribution in [-0.2, 0) is 12.8 Å². The predicted molar refractivity (Wildman–Crippen MR) is 122 cm³/mol. The monoisotopic (exact) mass is 392 g/mol. The lowest BCUT2D eigenvalue weighted by Gasteiger charge is -2.53. The zero-order valence-electron chi connectivity index (χ0n) is 18.3. The van der Waals surface area contributed by atoms with Crippen LogP contribution in [0, 0.1) is 11.3 Å². The summed E-state index contributed by atoms with van der Waals surface area (Å²) in [6, 6.07) is 17.2. The molecule has 2 atom stereocenters. The third-order valence-corrected chi connectivity index (χ3v) is 6.67. The van der Waals surface area contributed by atoms with Crippen molar-refractivity contribution in [1.82, 2.24) is 0 Å². The van der Waals surface area contributed by atoms with Crippen molar-refractivity contribution in [3.05, 3.63) is 72.3 Å². The standard InChI is InChI=1S/C27H36O2/c1-5-19-28-24-15-11-22(12-16-24)9-8-10-23-13-17-25(18-14-23)29-26-21(4)20-27(26,6-2)7-3/h5,11-18,21,26H,1,6-10,19-20H2,2-4H3. The molecule has 2 aromatic rings. The van der Waals surface area contributed by atoms with E-state index in [0.717, 1.165) is 30.8 Å². The van der Waals surface area contributed by atoms with E-state index in [-0.39, 0.29) is 0 Å². The number of rotatable bonds is 11. The molecule has 0 aliphatic heterocycles. The van der Waals surface area contributed by atoms with Crippen LogP contribution in [0.2, 0.25) is 0 Å². The highest BCUT2D eigenvalue weighted by Gasteiger charge is 2.51. The van der Waals surface area contributed by atoms with Crippen LogP contribution in [-0.4, -0.2) is 12.7 Å². The third-order valence-electron chi connectivity index (χ3n) is 6.67. The quantitative estimate of drug-likeness (QED) is 0.383. The fourth-order valence-electron chi connectivity index (χ4n) is 4.78. The number of hydrogen-bond donors (Lipinski definition) is 0. The zero-order valence-corrected chi connectivity index (χ0v) is 18.3. The van der Waals surface area contributed by atoms with E-state index in [1.54, 1.807) is 6.08 Å². The Kier molecular flexibility index (Phi) is 7.41. The molecule has 0 spiro atoms. The summed E-state index contributed by atoms with van der Waals surface area (Å²) in [5, 5.41) is 0. The van der Waals surface area contributed by atoms with Gasteiger partial charge in [-0.25, -0.2) is 0 Å². The van der Waals surface area contributed by atoms with Gasteiger partial charge in [0.25, 0.3) is 0 Å². The molecule has 29 heavy (non-hydrogen) atoms. The molecule has 0 amide bonds. The van der Waals surface area contributed by atoms with Crippen LogP contribution in [0.4, 0.5) is 0 Å². The summed E-state index contributed by atoms with van der Waals surface area (Å²) in [4.78, 5) is 0. The molecule has 156 valence electrons. The molecule has 1 saturated carbocycles. The number of benzene rings is 2. The van der Waals surface area contributed by atoms with Gasteiger partial charge in [-0.05, 0) is 79.8 Å². The van der Waals surface area contributed by atoms with Gasteiger partial charge >= 0.3 is 0 Å². The van der Waals surface area contributed by atoms with Crippen LogP contribution >= 0.6 is 0 Å². The molecule has 0 bridgehead atoms. The molecule has 2 nitrogen and oxygen atoms in total. The maximum atomic E-state index is 6.41. The van der Waals surface area contributed by atoms with Crippen LogP contribution in [0.15, 0.2) is 61.2 Å². The first kappa shape index (κ1) is 21.5. The summed E-state index contributed by atoms with van der Waals surface area (Å²) in [5.74, 6) is 2.58. The fraction of sp³-hybridized carbons (Fsp3) is 0.481. The lowest BCUT2D eigenvalue weighted by molar-refractivity contribution is -0.101. The molecule has 0 saturated heterocycles. The molecular weight excluding hydrogens is 356 g/mol. The van der Waals surface area contributed by atoms with Gasteiger partial charge in [0.05, 0.1) is 0 Å². The highest BCUT2D eigenvalue weighted by atomic mass is 16.5. The number of ether oxygens (including phenoxy) is 2. The predicted octanol–water partition coefficient (Wildman–Crippen LogP) is 7.02. The Hall–Kier alpha value is -2.22. The Labute approximate surface area is 176 Å². The molecule has 2 unspecified atom stereocenters. The SMILES string of the molecule is C=CCOc1ccc(CCCc2ccc(OC3C(C)CC3(CC)CC)cc2)cc1. The molecule has 0 aromatic heterocycles. The second-order valence-corrected chi connectivity index (χ2v) is 8.53. The summed E-state index contributed by atoms with van der Waals surface area (Å²) < 4.78 is 11.9. The zero-order chi connectivity index (χ0) is 20.7. The Morgan fingerprint density at radius 2 is 1.48 bits per heavy atom. The van der Waals surface area contributed by atoms with Crippen molar-refractivity contribution in [1.29, 1.82) is 0 Å². The lowest BCUT2D eigenvalue weighted by Crippen LogP contribution is -2.54. The molecule has 1 aliphatic carbocycles. The Morgan fingerprint density at radius 1 is 0.931 bits per heavy atom. The van der Waals surface area contributed by atoms with E-state index in [9.17, 15) is 0 Å². The number of aryl methyl sites for hydroxylation is 2. The van der Waals surface area contributed by atoms with Crippen molar-refractivity contribution in [2.24, 2.45) is 11.3 Å². The summed E-state index contributed by atoms with van der Waals surface area (Å²) in [6.45, 7) is 11.2. The molecule has 3 rings (SSSR count). The summed E-state index contributed by atoms with van der Waals surface area (Å²) in [6.07, 6.45) is 9.14. The molecule has 1 aliphatic rings. The van der Waals surface area contributed by atoms with Gasteiger partial charge in [-0.1, -0.05) is 57.7 Å². The Morgan fingerprint density at radius 3 is 1.97 bits per heavy atom. The molecular formula is C27H36O2. The molecule has 0 radical (unpaired) electrons. The maximum absolute atomic E-state index is 6.41. The van der Waals surface area contributed by atoms with Crippen LogP contribution in [0.5, 0.6) is 11.5 Å². The van der Waals surface area contributed by atoms with Gasteiger partial charge in [0.1, 0.15) is 24.2 Å². The Balaban J connectivity index is 1.46. The van der Waals surface area contributed by atoms with E-state index in [2.05, 4.69) is 63.7 Å². The van der Waals surface area contributed by atoms with Crippen LogP contribution in [0.25, 0.3) is 0 Å². The minimum Gasteiger partial charge on any atom is -0.490 e. The topological polar surface area (TPSA) is 18.5 Å². The molecule has 0 heterocycles. The van der Waals surface area contributed by atoms with Crippen LogP contribution in [0.1, 0.15) is 57.6 Å². The molecule has 1 fully saturated rings. The summed E-state index contributed by atoms with van der Waals surface area (Å²) >= 11 is 0. The van der Waals surface area contributed by atoms with Crippen molar-refractivity contribution in [2.45, 2.75) is 65.4 Å². The van der Waals surface area contributed by atoms with E-state index in [1.807, 2.05) is 12.1 Å². The van der Waals surface area contributed by atoms with Gasteiger partial charge in [-0.2, -0.15) is 0 Å². The van der Waals surface area contributed by atoms with Crippen molar-refractivity contribution in [3.8, 4) is 11.5 Å². The van der Waals surface area contributed by atoms with Crippen molar-refractivity contribution < 1.29 is 9.47 Å². The Bertz CT molecular complexity index is 756. The molecule has 2 aromatic carbocycles. The first-order valence-corrected chi connectivity index (χ1v) is 11.2. The average molecular weight is 393 g/mol. The van der Waals surface area contributed by atoms with Crippen LogP contribution in [0.3, 0.4) is 0 Å². The van der Waals surface area contributed by atoms with Gasteiger partial charge in [-0.3, -0.25) is 0 Å². The summed E-state index contributed by atoms with van der Waals surface area (Å²) in [7, 11) is 0. The van der Waals surface area contributed by atoms with Gasteiger partial charge in [0.2, 0.25) is 0 Å². The first-order chi connectivity index (χ1) is 14.1. The molecule has 0 N–H and O–H groups in total. The van der Waals surface area contributed by atoms with Crippen molar-refractivity contribution >= 4 is 0 Å². The van der Waals surface area contributed by atoms with Gasteiger partial charge in [0.15, 0.2) is 0 Å². The van der Waals surface area contributed by atoms with E-state index in [4.69, 9.17) is 9.47 Å². The second-order valence-electron chi connectivity index (χ2n) is 8.53.